The first-order chi connectivity index (χ1) is 49.9. The minimum Gasteiger partial charge on any atom is -0.462 e. The standard InChI is InChI=1S/C84H160O17P2/c1-7-10-12-14-16-18-20-22-24-25-26-27-28-29-30-32-34-36-43-50-56-62-68-83(88)100-79(72-94-81(86)66-60-54-48-42-35-33-31-23-21-19-17-15-13-11-8-2)74-98-102(90,91)96-70-78(85)71-97-103(92,93)99-75-80(73-95-82(87)67-61-55-49-45-39-40-46-52-58-64-76(4)5)101-84(89)69-63-57-51-44-38-37-41-47-53-59-65-77(6)9-3/h19,21,23,31,76-80,85H,7-18,20,22,24-30,32-75H2,1-6H3,(H,90,91)(H,92,93)/b21-19-,31-23-/t77?,78-,79-,80-/m1/s1. The molecule has 0 saturated carbocycles. The molecule has 0 aromatic rings. The van der Waals surface area contributed by atoms with E-state index < -0.39 is 97.5 Å². The van der Waals surface area contributed by atoms with Crippen LogP contribution in [0.3, 0.4) is 0 Å². The van der Waals surface area contributed by atoms with Crippen molar-refractivity contribution in [3.63, 3.8) is 0 Å². The number of allylic oxidation sites excluding steroid dienone is 4. The van der Waals surface area contributed by atoms with Gasteiger partial charge in [-0.25, -0.2) is 9.13 Å². The number of ether oxygens (including phenoxy) is 4. The molecule has 0 aromatic carbocycles. The maximum absolute atomic E-state index is 13.1. The van der Waals surface area contributed by atoms with Crippen LogP contribution in [0.1, 0.15) is 420 Å². The smallest absolute Gasteiger partial charge is 0.462 e. The lowest BCUT2D eigenvalue weighted by Crippen LogP contribution is -2.30. The zero-order valence-corrected chi connectivity index (χ0v) is 68.9. The molecule has 19 heteroatoms. The Hall–Kier alpha value is -2.46. The molecule has 0 saturated heterocycles. The van der Waals surface area contributed by atoms with Crippen molar-refractivity contribution in [3.8, 4) is 0 Å². The molecule has 0 radical (unpaired) electrons. The van der Waals surface area contributed by atoms with E-state index in [0.29, 0.717) is 25.7 Å². The van der Waals surface area contributed by atoms with E-state index in [1.54, 1.807) is 0 Å². The van der Waals surface area contributed by atoms with Gasteiger partial charge in [0.15, 0.2) is 12.2 Å². The highest BCUT2D eigenvalue weighted by Crippen LogP contribution is 2.45. The molecular formula is C84H160O17P2. The Morgan fingerprint density at radius 2 is 0.573 bits per heavy atom. The van der Waals surface area contributed by atoms with Crippen molar-refractivity contribution in [2.75, 3.05) is 39.6 Å². The van der Waals surface area contributed by atoms with Gasteiger partial charge in [-0.15, -0.1) is 0 Å². The summed E-state index contributed by atoms with van der Waals surface area (Å²) in [5, 5.41) is 10.7. The van der Waals surface area contributed by atoms with Crippen LogP contribution in [-0.2, 0) is 65.4 Å². The number of aliphatic hydroxyl groups excluding tert-OH is 1. The number of phosphoric ester groups is 2. The Kier molecular flexibility index (Phi) is 73.2. The monoisotopic (exact) mass is 1500 g/mol. The predicted octanol–water partition coefficient (Wildman–Crippen LogP) is 25.0. The van der Waals surface area contributed by atoms with Gasteiger partial charge in [-0.3, -0.25) is 37.3 Å². The molecule has 0 fully saturated rings. The van der Waals surface area contributed by atoms with Crippen LogP contribution in [0.15, 0.2) is 24.3 Å². The molecule has 3 unspecified atom stereocenters. The van der Waals surface area contributed by atoms with E-state index in [1.165, 1.54) is 218 Å². The van der Waals surface area contributed by atoms with Crippen molar-refractivity contribution in [2.45, 2.75) is 439 Å². The maximum atomic E-state index is 13.1. The van der Waals surface area contributed by atoms with E-state index in [2.05, 4.69) is 65.8 Å². The molecule has 0 rings (SSSR count). The fourth-order valence-corrected chi connectivity index (χ4v) is 14.1. The van der Waals surface area contributed by atoms with Gasteiger partial charge in [0.1, 0.15) is 19.3 Å². The van der Waals surface area contributed by atoms with E-state index in [4.69, 9.17) is 37.0 Å². The molecule has 6 atom stereocenters. The van der Waals surface area contributed by atoms with Crippen molar-refractivity contribution in [2.24, 2.45) is 11.8 Å². The van der Waals surface area contributed by atoms with Crippen molar-refractivity contribution in [1.82, 2.24) is 0 Å². The van der Waals surface area contributed by atoms with Gasteiger partial charge in [-0.05, 0) is 63.2 Å². The summed E-state index contributed by atoms with van der Waals surface area (Å²) in [6, 6.07) is 0. The summed E-state index contributed by atoms with van der Waals surface area (Å²) in [6.45, 7) is 9.58. The van der Waals surface area contributed by atoms with Crippen molar-refractivity contribution in [3.05, 3.63) is 24.3 Å². The zero-order chi connectivity index (χ0) is 75.6. The molecule has 0 amide bonds. The molecule has 3 N–H and O–H groups in total. The lowest BCUT2D eigenvalue weighted by Gasteiger charge is -2.21. The van der Waals surface area contributed by atoms with E-state index in [-0.39, 0.29) is 25.7 Å². The van der Waals surface area contributed by atoms with E-state index in [1.807, 2.05) is 0 Å². The Balaban J connectivity index is 5.26. The van der Waals surface area contributed by atoms with E-state index in [9.17, 15) is 43.2 Å². The van der Waals surface area contributed by atoms with Crippen LogP contribution < -0.4 is 0 Å². The van der Waals surface area contributed by atoms with Crippen LogP contribution in [0, 0.1) is 11.8 Å². The first-order valence-electron chi connectivity index (χ1n) is 42.8. The number of hydrogen-bond acceptors (Lipinski definition) is 15. The highest BCUT2D eigenvalue weighted by Gasteiger charge is 2.30. The summed E-state index contributed by atoms with van der Waals surface area (Å²) in [5.74, 6) is -0.594. The topological polar surface area (TPSA) is 237 Å². The average molecular weight is 1500 g/mol. The second kappa shape index (κ2) is 75.0. The molecule has 608 valence electrons. The molecule has 0 aliphatic rings. The Morgan fingerprint density at radius 1 is 0.320 bits per heavy atom. The molecule has 0 aliphatic carbocycles. The molecule has 103 heavy (non-hydrogen) atoms. The predicted molar refractivity (Wildman–Crippen MR) is 423 cm³/mol. The molecule has 0 aromatic heterocycles. The summed E-state index contributed by atoms with van der Waals surface area (Å²) in [4.78, 5) is 73.1. The van der Waals surface area contributed by atoms with Crippen LogP contribution in [0.2, 0.25) is 0 Å². The molecular weight excluding hydrogens is 1340 g/mol. The van der Waals surface area contributed by atoms with Crippen molar-refractivity contribution in [1.29, 1.82) is 0 Å². The summed E-state index contributed by atoms with van der Waals surface area (Å²) in [6.07, 6.45) is 68.9. The first-order valence-corrected chi connectivity index (χ1v) is 45.8. The Bertz CT molecular complexity index is 2070. The van der Waals surface area contributed by atoms with Gasteiger partial charge in [-0.2, -0.15) is 0 Å². The van der Waals surface area contributed by atoms with E-state index in [0.717, 1.165) is 121 Å². The quantitative estimate of drug-likeness (QED) is 0.0169. The lowest BCUT2D eigenvalue weighted by atomic mass is 9.99. The van der Waals surface area contributed by atoms with Gasteiger partial charge in [0.2, 0.25) is 0 Å². The molecule has 0 bridgehead atoms. The van der Waals surface area contributed by atoms with Gasteiger partial charge in [0, 0.05) is 25.7 Å². The highest BCUT2D eigenvalue weighted by molar-refractivity contribution is 7.47. The summed E-state index contributed by atoms with van der Waals surface area (Å²) < 4.78 is 68.8. The minimum absolute atomic E-state index is 0.102. The van der Waals surface area contributed by atoms with Crippen LogP contribution in [-0.4, -0.2) is 96.7 Å². The van der Waals surface area contributed by atoms with Gasteiger partial charge >= 0.3 is 39.5 Å². The Labute approximate surface area is 631 Å². The summed E-state index contributed by atoms with van der Waals surface area (Å²) >= 11 is 0. The third-order valence-electron chi connectivity index (χ3n) is 19.4. The number of esters is 4. The second-order valence-electron chi connectivity index (χ2n) is 30.3. The fourth-order valence-electron chi connectivity index (χ4n) is 12.5. The van der Waals surface area contributed by atoms with Gasteiger partial charge < -0.3 is 33.8 Å². The van der Waals surface area contributed by atoms with Crippen molar-refractivity contribution >= 4 is 39.5 Å². The average Bonchev–Trinajstić information content (AvgIpc) is 0.920. The maximum Gasteiger partial charge on any atom is 0.472 e. The number of hydrogen-bond donors (Lipinski definition) is 3. The normalized spacial score (nSPS) is 14.3. The third-order valence-corrected chi connectivity index (χ3v) is 21.3. The molecule has 0 aliphatic heterocycles. The largest absolute Gasteiger partial charge is 0.472 e. The van der Waals surface area contributed by atoms with Crippen LogP contribution in [0.5, 0.6) is 0 Å². The second-order valence-corrected chi connectivity index (χ2v) is 33.2. The summed E-state index contributed by atoms with van der Waals surface area (Å²) in [7, 11) is -9.94. The van der Waals surface area contributed by atoms with Gasteiger partial charge in [0.05, 0.1) is 26.4 Å². The van der Waals surface area contributed by atoms with Crippen LogP contribution in [0.4, 0.5) is 0 Å². The zero-order valence-electron chi connectivity index (χ0n) is 67.1. The lowest BCUT2D eigenvalue weighted by molar-refractivity contribution is -0.161. The summed E-state index contributed by atoms with van der Waals surface area (Å²) in [5.41, 5.74) is 0. The Morgan fingerprint density at radius 3 is 0.874 bits per heavy atom. The number of carbonyl (C=O) groups excluding carboxylic acids is 4. The van der Waals surface area contributed by atoms with Gasteiger partial charge in [-0.1, -0.05) is 368 Å². The highest BCUT2D eigenvalue weighted by atomic mass is 31.2. The SMILES string of the molecule is CCCCCC/C=C\C=C/CCCCCCCC(=O)OC[C@H](COP(=O)(O)OC[C@@H](O)COP(=O)(O)OC[C@@H](COC(=O)CCCCCCCCCCCC(C)C)OC(=O)CCCCCCCCCCCCC(C)CC)OC(=O)CCCCCCCCCCCCCCCCCCCCCCCC. The van der Waals surface area contributed by atoms with Crippen LogP contribution in [0.25, 0.3) is 0 Å². The van der Waals surface area contributed by atoms with Crippen molar-refractivity contribution < 1.29 is 80.2 Å². The number of aliphatic hydroxyl groups is 1. The fraction of sp³-hybridized carbons (Fsp3) is 0.905. The van der Waals surface area contributed by atoms with E-state index >= 15 is 0 Å². The molecule has 17 nitrogen and oxygen atoms in total. The first kappa shape index (κ1) is 101. The minimum atomic E-state index is -4.97. The number of phosphoric acid groups is 2. The number of rotatable bonds is 81. The molecule has 0 spiro atoms. The van der Waals surface area contributed by atoms with Gasteiger partial charge in [0.25, 0.3) is 0 Å². The number of unbranched alkanes of at least 4 members (excludes halogenated alkanes) is 47. The number of carbonyl (C=O) groups is 4. The third kappa shape index (κ3) is 76.1. The molecule has 0 heterocycles. The van der Waals surface area contributed by atoms with Crippen LogP contribution >= 0.6 is 15.6 Å².